The summed E-state index contributed by atoms with van der Waals surface area (Å²) in [5.74, 6) is -0.144. The lowest BCUT2D eigenvalue weighted by Gasteiger charge is -2.03. The van der Waals surface area contributed by atoms with Crippen LogP contribution in [0.15, 0.2) is 17.5 Å². The van der Waals surface area contributed by atoms with Gasteiger partial charge in [0.25, 0.3) is 0 Å². The van der Waals surface area contributed by atoms with Crippen LogP contribution in [0, 0.1) is 5.82 Å². The smallest absolute Gasteiger partial charge is 0.141 e. The predicted octanol–water partition coefficient (Wildman–Crippen LogP) is 3.19. The molecule has 1 heterocycles. The average molecular weight is 195 g/mol. The number of hydrogen-bond donors (Lipinski definition) is 1. The Bertz CT molecular complexity index is 447. The largest absolute Gasteiger partial charge is 0.398 e. The van der Waals surface area contributed by atoms with Gasteiger partial charge < -0.3 is 5.73 Å². The van der Waals surface area contributed by atoms with Crippen LogP contribution in [-0.2, 0) is 6.42 Å². The van der Waals surface area contributed by atoms with Crippen LogP contribution in [-0.4, -0.2) is 0 Å². The van der Waals surface area contributed by atoms with E-state index in [0.29, 0.717) is 5.39 Å². The lowest BCUT2D eigenvalue weighted by Crippen LogP contribution is -1.92. The Balaban J connectivity index is 2.85. The molecular formula is C10H10FNS. The Morgan fingerprint density at radius 2 is 2.23 bits per heavy atom. The predicted molar refractivity (Wildman–Crippen MR) is 55.6 cm³/mol. The Labute approximate surface area is 80.0 Å². The third kappa shape index (κ3) is 1.20. The van der Waals surface area contributed by atoms with Crippen molar-refractivity contribution in [3.8, 4) is 0 Å². The van der Waals surface area contributed by atoms with Gasteiger partial charge in [-0.05, 0) is 24.1 Å². The van der Waals surface area contributed by atoms with Crippen molar-refractivity contribution in [2.24, 2.45) is 0 Å². The van der Waals surface area contributed by atoms with Gasteiger partial charge in [0.05, 0.1) is 0 Å². The van der Waals surface area contributed by atoms with E-state index in [0.717, 1.165) is 22.4 Å². The normalized spacial score (nSPS) is 10.9. The fourth-order valence-corrected chi connectivity index (χ4v) is 2.55. The minimum absolute atomic E-state index is 0.144. The average Bonchev–Trinajstić information content (AvgIpc) is 2.48. The molecule has 1 aromatic heterocycles. The van der Waals surface area contributed by atoms with Gasteiger partial charge in [-0.2, -0.15) is 0 Å². The number of benzene rings is 1. The van der Waals surface area contributed by atoms with Crippen LogP contribution in [0.3, 0.4) is 0 Å². The van der Waals surface area contributed by atoms with Gasteiger partial charge >= 0.3 is 0 Å². The molecule has 0 unspecified atom stereocenters. The van der Waals surface area contributed by atoms with Crippen molar-refractivity contribution in [2.75, 3.05) is 5.73 Å². The summed E-state index contributed by atoms with van der Waals surface area (Å²) in [4.78, 5) is 0. The molecule has 0 atom stereocenters. The number of aryl methyl sites for hydroxylation is 1. The minimum atomic E-state index is -0.144. The monoisotopic (exact) mass is 195 g/mol. The Morgan fingerprint density at radius 3 is 2.92 bits per heavy atom. The van der Waals surface area contributed by atoms with Crippen LogP contribution in [0.2, 0.25) is 0 Å². The SMILES string of the molecule is CCc1c(N)ccc2c(F)csc12. The second-order valence-electron chi connectivity index (χ2n) is 2.95. The van der Waals surface area contributed by atoms with Crippen LogP contribution in [0.5, 0.6) is 0 Å². The van der Waals surface area contributed by atoms with E-state index in [-0.39, 0.29) is 5.82 Å². The van der Waals surface area contributed by atoms with Gasteiger partial charge in [0, 0.05) is 21.2 Å². The molecule has 0 aliphatic rings. The number of rotatable bonds is 1. The molecule has 3 heteroatoms. The van der Waals surface area contributed by atoms with Gasteiger partial charge in [0.15, 0.2) is 0 Å². The summed E-state index contributed by atoms with van der Waals surface area (Å²) >= 11 is 1.42. The maximum atomic E-state index is 13.2. The molecule has 0 saturated heterocycles. The quantitative estimate of drug-likeness (QED) is 0.695. The molecule has 2 aromatic rings. The highest BCUT2D eigenvalue weighted by Crippen LogP contribution is 2.31. The standard InChI is InChI=1S/C10H10FNS/c1-2-6-9(12)4-3-7-8(11)5-13-10(6)7/h3-5H,2,12H2,1H3. The summed E-state index contributed by atoms with van der Waals surface area (Å²) in [5, 5.41) is 2.22. The van der Waals surface area contributed by atoms with E-state index < -0.39 is 0 Å². The highest BCUT2D eigenvalue weighted by Gasteiger charge is 2.08. The van der Waals surface area contributed by atoms with Crippen molar-refractivity contribution >= 4 is 27.1 Å². The molecule has 0 radical (unpaired) electrons. The van der Waals surface area contributed by atoms with E-state index in [1.807, 2.05) is 6.92 Å². The molecule has 1 aromatic carbocycles. The molecule has 0 aliphatic carbocycles. The van der Waals surface area contributed by atoms with Crippen LogP contribution in [0.25, 0.3) is 10.1 Å². The number of thiophene rings is 1. The lowest BCUT2D eigenvalue weighted by molar-refractivity contribution is 0.644. The van der Waals surface area contributed by atoms with Gasteiger partial charge in [0.1, 0.15) is 5.82 Å². The van der Waals surface area contributed by atoms with E-state index in [4.69, 9.17) is 5.73 Å². The zero-order valence-corrected chi connectivity index (χ0v) is 8.12. The summed E-state index contributed by atoms with van der Waals surface area (Å²) < 4.78 is 14.1. The Morgan fingerprint density at radius 1 is 1.46 bits per heavy atom. The van der Waals surface area contributed by atoms with E-state index in [9.17, 15) is 4.39 Å². The van der Waals surface area contributed by atoms with E-state index in [2.05, 4.69) is 0 Å². The summed E-state index contributed by atoms with van der Waals surface area (Å²) in [7, 11) is 0. The van der Waals surface area contributed by atoms with Crippen LogP contribution in [0.1, 0.15) is 12.5 Å². The van der Waals surface area contributed by atoms with Crippen molar-refractivity contribution in [1.29, 1.82) is 0 Å². The molecule has 1 nitrogen and oxygen atoms in total. The topological polar surface area (TPSA) is 26.0 Å². The van der Waals surface area contributed by atoms with Crippen LogP contribution < -0.4 is 5.73 Å². The zero-order valence-electron chi connectivity index (χ0n) is 7.30. The summed E-state index contributed by atoms with van der Waals surface area (Å²) in [6, 6.07) is 3.52. The first kappa shape index (κ1) is 8.51. The highest BCUT2D eigenvalue weighted by molar-refractivity contribution is 7.17. The fourth-order valence-electron chi connectivity index (χ4n) is 1.50. The zero-order chi connectivity index (χ0) is 9.42. The van der Waals surface area contributed by atoms with Crippen LogP contribution in [0.4, 0.5) is 10.1 Å². The van der Waals surface area contributed by atoms with E-state index >= 15 is 0 Å². The van der Waals surface area contributed by atoms with Crippen molar-refractivity contribution in [3.05, 3.63) is 28.9 Å². The second-order valence-corrected chi connectivity index (χ2v) is 3.83. The number of nitrogens with two attached hydrogens (primary N) is 1. The van der Waals surface area contributed by atoms with Gasteiger partial charge in [-0.15, -0.1) is 11.3 Å². The van der Waals surface area contributed by atoms with E-state index in [1.165, 1.54) is 16.7 Å². The molecule has 0 aliphatic heterocycles. The number of anilines is 1. The number of fused-ring (bicyclic) bond motifs is 1. The van der Waals surface area contributed by atoms with Crippen molar-refractivity contribution in [1.82, 2.24) is 0 Å². The molecule has 13 heavy (non-hydrogen) atoms. The molecule has 2 N–H and O–H groups in total. The van der Waals surface area contributed by atoms with E-state index in [1.54, 1.807) is 12.1 Å². The summed E-state index contributed by atoms with van der Waals surface area (Å²) in [6.07, 6.45) is 0.850. The molecule has 68 valence electrons. The molecule has 0 bridgehead atoms. The number of halogens is 1. The molecule has 0 saturated carbocycles. The Hall–Kier alpha value is -1.09. The third-order valence-corrected chi connectivity index (χ3v) is 3.21. The Kier molecular flexibility index (Phi) is 1.96. The van der Waals surface area contributed by atoms with Crippen molar-refractivity contribution in [3.63, 3.8) is 0 Å². The maximum absolute atomic E-state index is 13.2. The summed E-state index contributed by atoms with van der Waals surface area (Å²) in [5.41, 5.74) is 7.61. The molecular weight excluding hydrogens is 185 g/mol. The first-order valence-corrected chi connectivity index (χ1v) is 5.06. The summed E-state index contributed by atoms with van der Waals surface area (Å²) in [6.45, 7) is 2.03. The highest BCUT2D eigenvalue weighted by atomic mass is 32.1. The molecule has 0 spiro atoms. The van der Waals surface area contributed by atoms with Gasteiger partial charge in [-0.1, -0.05) is 6.92 Å². The molecule has 0 amide bonds. The van der Waals surface area contributed by atoms with Crippen molar-refractivity contribution < 1.29 is 4.39 Å². The lowest BCUT2D eigenvalue weighted by atomic mass is 10.1. The fraction of sp³-hybridized carbons (Fsp3) is 0.200. The maximum Gasteiger partial charge on any atom is 0.141 e. The minimum Gasteiger partial charge on any atom is -0.398 e. The molecule has 2 rings (SSSR count). The van der Waals surface area contributed by atoms with Crippen LogP contribution >= 0.6 is 11.3 Å². The number of hydrogen-bond acceptors (Lipinski definition) is 2. The number of nitrogen functional groups attached to an aromatic ring is 1. The van der Waals surface area contributed by atoms with Crippen molar-refractivity contribution in [2.45, 2.75) is 13.3 Å². The third-order valence-electron chi connectivity index (χ3n) is 2.19. The van der Waals surface area contributed by atoms with Gasteiger partial charge in [-0.25, -0.2) is 4.39 Å². The van der Waals surface area contributed by atoms with Gasteiger partial charge in [-0.3, -0.25) is 0 Å². The molecule has 0 fully saturated rings. The first-order valence-electron chi connectivity index (χ1n) is 4.18. The first-order chi connectivity index (χ1) is 6.24. The van der Waals surface area contributed by atoms with Gasteiger partial charge in [0.2, 0.25) is 0 Å². The second kappa shape index (κ2) is 3.00.